The van der Waals surface area contributed by atoms with Crippen LogP contribution >= 0.6 is 0 Å². The van der Waals surface area contributed by atoms with Crippen molar-refractivity contribution in [3.63, 3.8) is 0 Å². The summed E-state index contributed by atoms with van der Waals surface area (Å²) in [6.07, 6.45) is 1.92. The van der Waals surface area contributed by atoms with Crippen molar-refractivity contribution in [3.05, 3.63) is 227 Å². The molecule has 0 fully saturated rings. The van der Waals surface area contributed by atoms with Gasteiger partial charge in [-0.1, -0.05) is 176 Å². The maximum atomic E-state index is 2.52. The molecule has 0 N–H and O–H groups in total. The summed E-state index contributed by atoms with van der Waals surface area (Å²) >= 11 is 0. The zero-order valence-electron chi connectivity index (χ0n) is 29.4. The van der Waals surface area contributed by atoms with Gasteiger partial charge in [0.25, 0.3) is 0 Å². The maximum Gasteiger partial charge on any atom is 0.0346 e. The van der Waals surface area contributed by atoms with Gasteiger partial charge in [-0.15, -0.1) is 0 Å². The van der Waals surface area contributed by atoms with E-state index in [9.17, 15) is 0 Å². The van der Waals surface area contributed by atoms with Crippen LogP contribution in [-0.2, 0) is 12.8 Å². The minimum atomic E-state index is 0.0797. The van der Waals surface area contributed by atoms with Crippen LogP contribution in [0.1, 0.15) is 44.9 Å². The first-order chi connectivity index (χ1) is 26.3. The van der Waals surface area contributed by atoms with Gasteiger partial charge < -0.3 is 0 Å². The van der Waals surface area contributed by atoms with Crippen LogP contribution in [0.2, 0.25) is 0 Å². The zero-order valence-corrected chi connectivity index (χ0v) is 29.4. The fourth-order valence-electron chi connectivity index (χ4n) is 9.43. The summed E-state index contributed by atoms with van der Waals surface area (Å²) in [5.41, 5.74) is 20.5. The molecular weight excluding hydrogens is 637 g/mol. The second-order valence-electron chi connectivity index (χ2n) is 14.7. The molecule has 1 unspecified atom stereocenters. The summed E-state index contributed by atoms with van der Waals surface area (Å²) in [5, 5.41) is 5.22. The Labute approximate surface area is 310 Å². The summed E-state index contributed by atoms with van der Waals surface area (Å²) in [5.74, 6) is 0.0797. The van der Waals surface area contributed by atoms with Gasteiger partial charge in [-0.05, 0) is 130 Å². The molecule has 0 radical (unpaired) electrons. The maximum absolute atomic E-state index is 2.52. The van der Waals surface area contributed by atoms with Crippen molar-refractivity contribution in [3.8, 4) is 44.5 Å². The topological polar surface area (TPSA) is 0 Å². The summed E-state index contributed by atoms with van der Waals surface area (Å²) in [7, 11) is 0. The van der Waals surface area contributed by atoms with Crippen LogP contribution in [-0.4, -0.2) is 0 Å². The van der Waals surface area contributed by atoms with Gasteiger partial charge in [0.2, 0.25) is 0 Å². The average Bonchev–Trinajstić information content (AvgIpc) is 3.79. The van der Waals surface area contributed by atoms with Gasteiger partial charge in [-0.2, -0.15) is 0 Å². The van der Waals surface area contributed by atoms with Gasteiger partial charge in [-0.25, -0.2) is 0 Å². The molecule has 0 aromatic heterocycles. The number of hydrogen-bond donors (Lipinski definition) is 0. The van der Waals surface area contributed by atoms with Crippen molar-refractivity contribution in [2.75, 3.05) is 0 Å². The number of fused-ring (bicyclic) bond motifs is 8. The molecule has 0 heteroatoms. The molecule has 9 aromatic carbocycles. The van der Waals surface area contributed by atoms with Crippen LogP contribution in [0.4, 0.5) is 0 Å². The van der Waals surface area contributed by atoms with Gasteiger partial charge in [0.1, 0.15) is 0 Å². The summed E-state index contributed by atoms with van der Waals surface area (Å²) < 4.78 is 0. The second-order valence-corrected chi connectivity index (χ2v) is 14.7. The monoisotopic (exact) mass is 672 g/mol. The van der Waals surface area contributed by atoms with E-state index in [1.165, 1.54) is 105 Å². The van der Waals surface area contributed by atoms with E-state index in [0.717, 1.165) is 12.8 Å². The molecule has 0 saturated heterocycles. The van der Waals surface area contributed by atoms with E-state index in [4.69, 9.17) is 0 Å². The molecule has 0 spiro atoms. The lowest BCUT2D eigenvalue weighted by atomic mass is 9.81. The Morgan fingerprint density at radius 1 is 0.340 bits per heavy atom. The van der Waals surface area contributed by atoms with Crippen molar-refractivity contribution in [2.24, 2.45) is 0 Å². The fourth-order valence-corrected chi connectivity index (χ4v) is 9.43. The molecule has 2 aliphatic rings. The lowest BCUT2D eigenvalue weighted by Crippen LogP contribution is -2.05. The van der Waals surface area contributed by atoms with E-state index in [1.807, 2.05) is 0 Å². The molecule has 53 heavy (non-hydrogen) atoms. The first kappa shape index (κ1) is 30.2. The number of rotatable bonds is 5. The first-order valence-electron chi connectivity index (χ1n) is 18.8. The lowest BCUT2D eigenvalue weighted by Gasteiger charge is -2.22. The van der Waals surface area contributed by atoms with E-state index in [-0.39, 0.29) is 5.92 Å². The predicted octanol–water partition coefficient (Wildman–Crippen LogP) is 13.6. The van der Waals surface area contributed by atoms with E-state index in [1.54, 1.807) is 0 Å². The van der Waals surface area contributed by atoms with Crippen molar-refractivity contribution >= 4 is 21.5 Å². The Morgan fingerprint density at radius 3 is 1.85 bits per heavy atom. The van der Waals surface area contributed by atoms with Crippen LogP contribution in [0.5, 0.6) is 0 Å². The highest BCUT2D eigenvalue weighted by Gasteiger charge is 2.29. The van der Waals surface area contributed by atoms with E-state index in [0.29, 0.717) is 0 Å². The van der Waals surface area contributed by atoms with Crippen molar-refractivity contribution < 1.29 is 0 Å². The molecule has 9 aromatic rings. The SMILES string of the molecule is c1ccc(-c2ccc(C(c3ccc4c(c3)-c3cc5ccccc5c(-c5cccc6c5Cc5ccccc5-6)c3C4)c3cccc4ccccc34)cc2)cc1. The van der Waals surface area contributed by atoms with Crippen LogP contribution in [0.3, 0.4) is 0 Å². The lowest BCUT2D eigenvalue weighted by molar-refractivity contribution is 0.988. The molecule has 0 amide bonds. The van der Waals surface area contributed by atoms with Crippen molar-refractivity contribution in [2.45, 2.75) is 18.8 Å². The molecule has 0 aliphatic heterocycles. The summed E-state index contributed by atoms with van der Waals surface area (Å²) in [4.78, 5) is 0. The Hall–Kier alpha value is -6.50. The molecule has 0 nitrogen and oxygen atoms in total. The third kappa shape index (κ3) is 4.83. The molecule has 248 valence electrons. The Balaban J connectivity index is 1.10. The Kier molecular flexibility index (Phi) is 6.85. The van der Waals surface area contributed by atoms with Gasteiger partial charge >= 0.3 is 0 Å². The quantitative estimate of drug-likeness (QED) is 0.160. The van der Waals surface area contributed by atoms with Crippen LogP contribution in [0.25, 0.3) is 66.1 Å². The molecule has 0 saturated carbocycles. The fraction of sp³-hybridized carbons (Fsp3) is 0.0566. The number of hydrogen-bond acceptors (Lipinski definition) is 0. The highest BCUT2D eigenvalue weighted by atomic mass is 14.3. The molecular formula is C53H36. The zero-order chi connectivity index (χ0) is 34.9. The molecule has 0 bridgehead atoms. The van der Waals surface area contributed by atoms with E-state index < -0.39 is 0 Å². The van der Waals surface area contributed by atoms with Crippen molar-refractivity contribution in [1.29, 1.82) is 0 Å². The first-order valence-corrected chi connectivity index (χ1v) is 18.8. The van der Waals surface area contributed by atoms with E-state index in [2.05, 4.69) is 188 Å². The van der Waals surface area contributed by atoms with Gasteiger partial charge in [0.05, 0.1) is 0 Å². The highest BCUT2D eigenvalue weighted by Crippen LogP contribution is 2.50. The van der Waals surface area contributed by atoms with Crippen LogP contribution < -0.4 is 0 Å². The molecule has 11 rings (SSSR count). The Bertz CT molecular complexity index is 2870. The van der Waals surface area contributed by atoms with Crippen LogP contribution in [0.15, 0.2) is 188 Å². The summed E-state index contributed by atoms with van der Waals surface area (Å²) in [6, 6.07) is 70.3. The van der Waals surface area contributed by atoms with Gasteiger partial charge in [-0.3, -0.25) is 0 Å². The predicted molar refractivity (Wildman–Crippen MR) is 223 cm³/mol. The molecule has 2 aliphatic carbocycles. The van der Waals surface area contributed by atoms with Gasteiger partial charge in [0.15, 0.2) is 0 Å². The highest BCUT2D eigenvalue weighted by molar-refractivity contribution is 6.06. The van der Waals surface area contributed by atoms with Gasteiger partial charge in [0, 0.05) is 5.92 Å². The molecule has 0 heterocycles. The van der Waals surface area contributed by atoms with Crippen LogP contribution in [0, 0.1) is 0 Å². The van der Waals surface area contributed by atoms with Crippen molar-refractivity contribution in [1.82, 2.24) is 0 Å². The molecule has 1 atom stereocenters. The third-order valence-electron chi connectivity index (χ3n) is 11.9. The van der Waals surface area contributed by atoms with E-state index >= 15 is 0 Å². The number of benzene rings is 9. The normalized spacial score (nSPS) is 13.1. The smallest absolute Gasteiger partial charge is 0.0346 e. The second kappa shape index (κ2) is 12.0. The minimum Gasteiger partial charge on any atom is -0.0622 e. The standard InChI is InChI=1S/C53H36/c1-2-12-34(13-3-1)35-24-26-37(27-25-35)52(46-22-10-17-36-14-4-7-18-42(36)46)41-29-28-40-32-51-50(48(40)33-41)31-39-16-6-9-20-44(39)53(51)47-23-11-21-45-43-19-8-5-15-38(43)30-49(45)47/h1-29,31,33,52H,30,32H2. The summed E-state index contributed by atoms with van der Waals surface area (Å²) in [6.45, 7) is 0. The third-order valence-corrected chi connectivity index (χ3v) is 11.9. The Morgan fingerprint density at radius 2 is 0.962 bits per heavy atom. The average molecular weight is 673 g/mol. The largest absolute Gasteiger partial charge is 0.0622 e. The minimum absolute atomic E-state index is 0.0797.